The van der Waals surface area contributed by atoms with Crippen LogP contribution in [0.1, 0.15) is 30.0 Å². The lowest BCUT2D eigenvalue weighted by molar-refractivity contribution is -0.139. The van der Waals surface area contributed by atoms with Gasteiger partial charge in [0, 0.05) is 17.5 Å². The highest BCUT2D eigenvalue weighted by Crippen LogP contribution is 2.27. The minimum Gasteiger partial charge on any atom is -0.481 e. The van der Waals surface area contributed by atoms with Crippen molar-refractivity contribution >= 4 is 22.8 Å². The SMILES string of the molecule is Cc1nc2ccccc2cc1C(CCC(N)=O)C(=O)O. The minimum absolute atomic E-state index is 0.0449. The number of carboxylic acids is 1. The van der Waals surface area contributed by atoms with Crippen LogP contribution in [0, 0.1) is 6.92 Å². The summed E-state index contributed by atoms with van der Waals surface area (Å²) < 4.78 is 0. The summed E-state index contributed by atoms with van der Waals surface area (Å²) in [7, 11) is 0. The van der Waals surface area contributed by atoms with Crippen molar-refractivity contribution < 1.29 is 14.7 Å². The van der Waals surface area contributed by atoms with Crippen LogP contribution in [-0.4, -0.2) is 22.0 Å². The average molecular weight is 272 g/mol. The van der Waals surface area contributed by atoms with Gasteiger partial charge in [-0.25, -0.2) is 0 Å². The normalized spacial score (nSPS) is 12.2. The molecule has 0 aliphatic carbocycles. The van der Waals surface area contributed by atoms with Gasteiger partial charge >= 0.3 is 5.97 Å². The Morgan fingerprint density at radius 3 is 2.70 bits per heavy atom. The summed E-state index contributed by atoms with van der Waals surface area (Å²) in [5.41, 5.74) is 7.23. The third-order valence-electron chi connectivity index (χ3n) is 3.31. The quantitative estimate of drug-likeness (QED) is 0.870. The van der Waals surface area contributed by atoms with E-state index in [4.69, 9.17) is 5.73 Å². The maximum atomic E-state index is 11.4. The number of hydrogen-bond donors (Lipinski definition) is 2. The predicted octanol–water partition coefficient (Wildman–Crippen LogP) is 1.98. The zero-order chi connectivity index (χ0) is 14.7. The topological polar surface area (TPSA) is 93.3 Å². The van der Waals surface area contributed by atoms with Crippen LogP contribution >= 0.6 is 0 Å². The lowest BCUT2D eigenvalue weighted by Crippen LogP contribution is -2.18. The van der Waals surface area contributed by atoms with Gasteiger partial charge in [0.15, 0.2) is 0 Å². The van der Waals surface area contributed by atoms with Gasteiger partial charge in [-0.1, -0.05) is 18.2 Å². The molecule has 0 bridgehead atoms. The number of aliphatic carboxylic acids is 1. The third-order valence-corrected chi connectivity index (χ3v) is 3.31. The molecule has 5 heteroatoms. The van der Waals surface area contributed by atoms with E-state index in [0.717, 1.165) is 10.9 Å². The molecule has 2 rings (SSSR count). The van der Waals surface area contributed by atoms with Gasteiger partial charge in [0.1, 0.15) is 0 Å². The molecule has 1 heterocycles. The van der Waals surface area contributed by atoms with Crippen LogP contribution in [0.2, 0.25) is 0 Å². The van der Waals surface area contributed by atoms with Crippen molar-refractivity contribution in [3.8, 4) is 0 Å². The first-order valence-corrected chi connectivity index (χ1v) is 6.36. The molecule has 0 spiro atoms. The Labute approximate surface area is 116 Å². The van der Waals surface area contributed by atoms with E-state index in [1.165, 1.54) is 0 Å². The number of fused-ring (bicyclic) bond motifs is 1. The number of hydrogen-bond acceptors (Lipinski definition) is 3. The molecule has 2 aromatic rings. The molecular weight excluding hydrogens is 256 g/mol. The standard InChI is InChI=1S/C15H16N2O3/c1-9-12(11(15(19)20)6-7-14(16)18)8-10-4-2-3-5-13(10)17-9/h2-5,8,11H,6-7H2,1H3,(H2,16,18)(H,19,20). The molecule has 0 fully saturated rings. The number of para-hydroxylation sites is 1. The predicted molar refractivity (Wildman–Crippen MR) is 75.3 cm³/mol. The van der Waals surface area contributed by atoms with Gasteiger partial charge in [-0.3, -0.25) is 14.6 Å². The first-order valence-electron chi connectivity index (χ1n) is 6.36. The Bertz CT molecular complexity index is 667. The second kappa shape index (κ2) is 5.69. The summed E-state index contributed by atoms with van der Waals surface area (Å²) >= 11 is 0. The number of benzene rings is 1. The van der Waals surface area contributed by atoms with Crippen LogP contribution in [0.25, 0.3) is 10.9 Å². The van der Waals surface area contributed by atoms with Gasteiger partial charge in [-0.05, 0) is 31.0 Å². The van der Waals surface area contributed by atoms with Crippen molar-refractivity contribution in [2.24, 2.45) is 5.73 Å². The Morgan fingerprint density at radius 1 is 1.35 bits per heavy atom. The number of nitrogens with zero attached hydrogens (tertiary/aromatic N) is 1. The summed E-state index contributed by atoms with van der Waals surface area (Å²) in [6.45, 7) is 1.78. The molecule has 0 saturated heterocycles. The molecule has 20 heavy (non-hydrogen) atoms. The van der Waals surface area contributed by atoms with Crippen LogP contribution < -0.4 is 5.73 Å². The Hall–Kier alpha value is -2.43. The molecule has 1 aromatic heterocycles. The zero-order valence-corrected chi connectivity index (χ0v) is 11.2. The minimum atomic E-state index is -0.966. The van der Waals surface area contributed by atoms with Gasteiger partial charge in [0.2, 0.25) is 5.91 Å². The molecule has 0 radical (unpaired) electrons. The second-order valence-corrected chi connectivity index (χ2v) is 4.75. The lowest BCUT2D eigenvalue weighted by Gasteiger charge is -2.15. The summed E-state index contributed by atoms with van der Waals surface area (Å²) in [4.78, 5) is 26.7. The van der Waals surface area contributed by atoms with Crippen molar-refractivity contribution in [2.75, 3.05) is 0 Å². The maximum absolute atomic E-state index is 11.4. The smallest absolute Gasteiger partial charge is 0.311 e. The molecule has 1 unspecified atom stereocenters. The molecule has 0 aliphatic rings. The van der Waals surface area contributed by atoms with Gasteiger partial charge in [0.05, 0.1) is 11.4 Å². The second-order valence-electron chi connectivity index (χ2n) is 4.75. The molecule has 1 atom stereocenters. The van der Waals surface area contributed by atoms with Crippen molar-refractivity contribution in [3.63, 3.8) is 0 Å². The monoisotopic (exact) mass is 272 g/mol. The Kier molecular flexibility index (Phi) is 3.98. The first kappa shape index (κ1) is 14.0. The van der Waals surface area contributed by atoms with E-state index in [1.807, 2.05) is 30.3 Å². The number of aromatic nitrogens is 1. The van der Waals surface area contributed by atoms with E-state index in [0.29, 0.717) is 11.3 Å². The number of carbonyl (C=O) groups excluding carboxylic acids is 1. The highest BCUT2D eigenvalue weighted by Gasteiger charge is 2.23. The van der Waals surface area contributed by atoms with Crippen LogP contribution in [0.3, 0.4) is 0 Å². The van der Waals surface area contributed by atoms with Gasteiger partial charge in [-0.15, -0.1) is 0 Å². The highest BCUT2D eigenvalue weighted by molar-refractivity contribution is 5.83. The molecule has 1 aromatic carbocycles. The van der Waals surface area contributed by atoms with Crippen molar-refractivity contribution in [2.45, 2.75) is 25.7 Å². The fourth-order valence-electron chi connectivity index (χ4n) is 2.28. The van der Waals surface area contributed by atoms with Crippen LogP contribution in [-0.2, 0) is 9.59 Å². The third kappa shape index (κ3) is 2.93. The van der Waals surface area contributed by atoms with Crippen molar-refractivity contribution in [1.29, 1.82) is 0 Å². The van der Waals surface area contributed by atoms with Crippen molar-refractivity contribution in [3.05, 3.63) is 41.6 Å². The average Bonchev–Trinajstić information content (AvgIpc) is 2.38. The fraction of sp³-hybridized carbons (Fsp3) is 0.267. The summed E-state index contributed by atoms with van der Waals surface area (Å²) in [5, 5.41) is 10.2. The van der Waals surface area contributed by atoms with E-state index < -0.39 is 17.8 Å². The summed E-state index contributed by atoms with van der Waals surface area (Å²) in [5.74, 6) is -2.23. The number of carboxylic acid groups (broad SMARTS) is 1. The number of carbonyl (C=O) groups is 2. The molecule has 104 valence electrons. The van der Waals surface area contributed by atoms with Crippen molar-refractivity contribution in [1.82, 2.24) is 4.98 Å². The van der Waals surface area contributed by atoms with Gasteiger partial charge in [0.25, 0.3) is 0 Å². The molecular formula is C15H16N2O3. The zero-order valence-electron chi connectivity index (χ0n) is 11.2. The summed E-state index contributed by atoms with van der Waals surface area (Å²) in [6.07, 6.45) is 0.231. The van der Waals surface area contributed by atoms with Crippen LogP contribution in [0.15, 0.2) is 30.3 Å². The van der Waals surface area contributed by atoms with Crippen LogP contribution in [0.5, 0.6) is 0 Å². The number of amides is 1. The van der Waals surface area contributed by atoms with E-state index in [9.17, 15) is 14.7 Å². The van der Waals surface area contributed by atoms with E-state index in [2.05, 4.69) is 4.98 Å². The fourth-order valence-corrected chi connectivity index (χ4v) is 2.28. The van der Waals surface area contributed by atoms with Gasteiger partial charge in [-0.2, -0.15) is 0 Å². The number of nitrogens with two attached hydrogens (primary N) is 1. The molecule has 0 aliphatic heterocycles. The first-order chi connectivity index (χ1) is 9.49. The van der Waals surface area contributed by atoms with E-state index in [1.54, 1.807) is 6.92 Å². The molecule has 1 amide bonds. The number of rotatable bonds is 5. The Balaban J connectivity index is 2.44. The largest absolute Gasteiger partial charge is 0.481 e. The Morgan fingerprint density at radius 2 is 2.05 bits per heavy atom. The van der Waals surface area contributed by atoms with E-state index in [-0.39, 0.29) is 12.8 Å². The number of primary amides is 1. The maximum Gasteiger partial charge on any atom is 0.311 e. The van der Waals surface area contributed by atoms with Crippen LogP contribution in [0.4, 0.5) is 0 Å². The lowest BCUT2D eigenvalue weighted by atomic mass is 9.92. The molecule has 3 N–H and O–H groups in total. The van der Waals surface area contributed by atoms with E-state index >= 15 is 0 Å². The van der Waals surface area contributed by atoms with Gasteiger partial charge < -0.3 is 10.8 Å². The molecule has 0 saturated carbocycles. The number of pyridine rings is 1. The molecule has 5 nitrogen and oxygen atoms in total. The summed E-state index contributed by atoms with van der Waals surface area (Å²) in [6, 6.07) is 9.36. The highest BCUT2D eigenvalue weighted by atomic mass is 16.4. The number of aryl methyl sites for hydroxylation is 1.